The van der Waals surface area contributed by atoms with E-state index in [1.807, 2.05) is 20.8 Å². The molecule has 1 amide bonds. The van der Waals surface area contributed by atoms with E-state index in [2.05, 4.69) is 16.3 Å². The molecule has 0 radical (unpaired) electrons. The number of carbonyl (C=O) groups is 1. The maximum Gasteiger partial charge on any atom is 0.407 e. The number of carbonyl (C=O) groups excluding carboxylic acids is 1. The first-order valence-corrected chi connectivity index (χ1v) is 8.47. The van der Waals surface area contributed by atoms with Gasteiger partial charge in [-0.05, 0) is 71.9 Å². The van der Waals surface area contributed by atoms with Crippen LogP contribution in [-0.4, -0.2) is 42.3 Å². The fourth-order valence-corrected chi connectivity index (χ4v) is 3.46. The first-order chi connectivity index (χ1) is 10.4. The summed E-state index contributed by atoms with van der Waals surface area (Å²) in [5, 5.41) is 11.9. The molecule has 1 heterocycles. The van der Waals surface area contributed by atoms with Crippen LogP contribution in [0.3, 0.4) is 0 Å². The van der Waals surface area contributed by atoms with Gasteiger partial charge in [0.2, 0.25) is 0 Å². The van der Waals surface area contributed by atoms with Gasteiger partial charge in [0.15, 0.2) is 0 Å². The number of hydrogen-bond donors (Lipinski definition) is 1. The van der Waals surface area contributed by atoms with Crippen molar-refractivity contribution in [1.82, 2.24) is 10.2 Å². The lowest BCUT2D eigenvalue weighted by Gasteiger charge is -2.31. The molecular formula is C17H29N3O2. The number of piperidine rings is 1. The molecule has 2 atom stereocenters. The summed E-state index contributed by atoms with van der Waals surface area (Å²) in [5.74, 6) is 0.903. The van der Waals surface area contributed by atoms with Crippen LogP contribution >= 0.6 is 0 Å². The second-order valence-corrected chi connectivity index (χ2v) is 7.73. The number of alkyl carbamates (subject to hydrolysis) is 1. The summed E-state index contributed by atoms with van der Waals surface area (Å²) in [6, 6.07) is 2.62. The number of nitrogens with one attached hydrogen (secondary N) is 1. The average Bonchev–Trinajstić information content (AvgIpc) is 2.84. The smallest absolute Gasteiger partial charge is 0.407 e. The predicted molar refractivity (Wildman–Crippen MR) is 85.3 cm³/mol. The molecule has 5 heteroatoms. The largest absolute Gasteiger partial charge is 0.444 e. The molecule has 0 bridgehead atoms. The highest BCUT2D eigenvalue weighted by molar-refractivity contribution is 5.68. The predicted octanol–water partition coefficient (Wildman–Crippen LogP) is 2.92. The molecule has 124 valence electrons. The molecule has 2 aliphatic rings. The van der Waals surface area contributed by atoms with Crippen molar-refractivity contribution in [2.75, 3.05) is 19.6 Å². The van der Waals surface area contributed by atoms with Crippen molar-refractivity contribution >= 4 is 6.09 Å². The van der Waals surface area contributed by atoms with Crippen molar-refractivity contribution in [2.24, 2.45) is 11.8 Å². The van der Waals surface area contributed by atoms with Gasteiger partial charge in [-0.15, -0.1) is 0 Å². The summed E-state index contributed by atoms with van der Waals surface area (Å²) in [5.41, 5.74) is -0.437. The molecule has 2 rings (SSSR count). The van der Waals surface area contributed by atoms with Crippen LogP contribution in [0, 0.1) is 23.2 Å². The van der Waals surface area contributed by atoms with Crippen molar-refractivity contribution in [3.8, 4) is 6.07 Å². The van der Waals surface area contributed by atoms with Gasteiger partial charge in [0.25, 0.3) is 0 Å². The summed E-state index contributed by atoms with van der Waals surface area (Å²) in [7, 11) is 0. The summed E-state index contributed by atoms with van der Waals surface area (Å²) in [4.78, 5) is 14.3. The van der Waals surface area contributed by atoms with Crippen LogP contribution in [0.2, 0.25) is 0 Å². The van der Waals surface area contributed by atoms with E-state index >= 15 is 0 Å². The lowest BCUT2D eigenvalue weighted by molar-refractivity contribution is 0.0504. The van der Waals surface area contributed by atoms with Crippen molar-refractivity contribution in [1.29, 1.82) is 5.26 Å². The SMILES string of the molecule is CC(C)(C)OC(=O)NC1CCC(CN2CCC(C#N)CC2)C1. The fourth-order valence-electron chi connectivity index (χ4n) is 3.46. The lowest BCUT2D eigenvalue weighted by atomic mass is 9.97. The molecule has 5 nitrogen and oxygen atoms in total. The number of hydrogen-bond acceptors (Lipinski definition) is 4. The molecule has 1 aliphatic heterocycles. The topological polar surface area (TPSA) is 65.4 Å². The standard InChI is InChI=1S/C17H29N3O2/c1-17(2,3)22-16(21)19-15-5-4-14(10-15)12-20-8-6-13(11-18)7-9-20/h13-15H,4-10,12H2,1-3H3,(H,19,21). The zero-order valence-corrected chi connectivity index (χ0v) is 14.1. The monoisotopic (exact) mass is 307 g/mol. The highest BCUT2D eigenvalue weighted by atomic mass is 16.6. The molecule has 0 aromatic heterocycles. The summed E-state index contributed by atoms with van der Waals surface area (Å²) < 4.78 is 5.32. The third-order valence-electron chi connectivity index (χ3n) is 4.55. The number of nitriles is 1. The van der Waals surface area contributed by atoms with E-state index < -0.39 is 5.60 Å². The molecule has 1 aliphatic carbocycles. The number of rotatable bonds is 3. The number of ether oxygens (including phenoxy) is 1. The van der Waals surface area contributed by atoms with Gasteiger partial charge in [-0.25, -0.2) is 4.79 Å². The van der Waals surface area contributed by atoms with Gasteiger partial charge in [0.1, 0.15) is 5.60 Å². The molecule has 0 aromatic rings. The van der Waals surface area contributed by atoms with Gasteiger partial charge in [-0.1, -0.05) is 0 Å². The van der Waals surface area contributed by atoms with Crippen molar-refractivity contribution in [3.63, 3.8) is 0 Å². The van der Waals surface area contributed by atoms with E-state index in [-0.39, 0.29) is 18.1 Å². The van der Waals surface area contributed by atoms with E-state index in [9.17, 15) is 4.79 Å². The third-order valence-corrected chi connectivity index (χ3v) is 4.55. The summed E-state index contributed by atoms with van der Waals surface area (Å²) in [6.07, 6.45) is 4.95. The Kier molecular flexibility index (Phi) is 5.69. The van der Waals surface area contributed by atoms with Crippen molar-refractivity contribution in [3.05, 3.63) is 0 Å². The van der Waals surface area contributed by atoms with Crippen LogP contribution in [0.4, 0.5) is 4.79 Å². The maximum atomic E-state index is 11.8. The van der Waals surface area contributed by atoms with E-state index in [1.54, 1.807) is 0 Å². The highest BCUT2D eigenvalue weighted by Crippen LogP contribution is 2.28. The molecule has 2 fully saturated rings. The number of amides is 1. The minimum absolute atomic E-state index is 0.247. The quantitative estimate of drug-likeness (QED) is 0.870. The molecular weight excluding hydrogens is 278 g/mol. The minimum atomic E-state index is -0.437. The number of likely N-dealkylation sites (tertiary alicyclic amines) is 1. The minimum Gasteiger partial charge on any atom is -0.444 e. The Labute approximate surface area is 134 Å². The van der Waals surface area contributed by atoms with Crippen LogP contribution in [0.25, 0.3) is 0 Å². The molecule has 1 saturated carbocycles. The molecule has 1 saturated heterocycles. The molecule has 2 unspecified atom stereocenters. The Morgan fingerprint density at radius 3 is 2.55 bits per heavy atom. The van der Waals surface area contributed by atoms with Gasteiger partial charge in [0, 0.05) is 18.5 Å². The van der Waals surface area contributed by atoms with Crippen LogP contribution in [0.1, 0.15) is 52.9 Å². The highest BCUT2D eigenvalue weighted by Gasteiger charge is 2.29. The van der Waals surface area contributed by atoms with E-state index in [4.69, 9.17) is 10.00 Å². The van der Waals surface area contributed by atoms with Crippen molar-refractivity contribution < 1.29 is 9.53 Å². The van der Waals surface area contributed by atoms with Crippen LogP contribution in [0.5, 0.6) is 0 Å². The summed E-state index contributed by atoms with van der Waals surface area (Å²) >= 11 is 0. The zero-order chi connectivity index (χ0) is 16.2. The van der Waals surface area contributed by atoms with Gasteiger partial charge in [-0.3, -0.25) is 0 Å². The van der Waals surface area contributed by atoms with Crippen LogP contribution in [0.15, 0.2) is 0 Å². The lowest BCUT2D eigenvalue weighted by Crippen LogP contribution is -2.39. The van der Waals surface area contributed by atoms with E-state index in [0.29, 0.717) is 5.92 Å². The number of nitrogens with zero attached hydrogens (tertiary/aromatic N) is 2. The maximum absolute atomic E-state index is 11.8. The second-order valence-electron chi connectivity index (χ2n) is 7.73. The van der Waals surface area contributed by atoms with Gasteiger partial charge >= 0.3 is 6.09 Å². The van der Waals surface area contributed by atoms with Gasteiger partial charge in [-0.2, -0.15) is 5.26 Å². The fraction of sp³-hybridized carbons (Fsp3) is 0.882. The Hall–Kier alpha value is -1.28. The molecule has 1 N–H and O–H groups in total. The second kappa shape index (κ2) is 7.32. The Morgan fingerprint density at radius 1 is 1.27 bits per heavy atom. The first-order valence-electron chi connectivity index (χ1n) is 8.47. The van der Waals surface area contributed by atoms with E-state index in [0.717, 1.165) is 45.3 Å². The Morgan fingerprint density at radius 2 is 1.95 bits per heavy atom. The summed E-state index contributed by atoms with van der Waals surface area (Å²) in [6.45, 7) is 8.83. The first kappa shape index (κ1) is 17.1. The Bertz CT molecular complexity index is 417. The third kappa shape index (κ3) is 5.49. The zero-order valence-electron chi connectivity index (χ0n) is 14.1. The van der Waals surface area contributed by atoms with Crippen LogP contribution < -0.4 is 5.32 Å². The average molecular weight is 307 g/mol. The van der Waals surface area contributed by atoms with E-state index in [1.165, 1.54) is 6.42 Å². The molecule has 0 spiro atoms. The molecule has 22 heavy (non-hydrogen) atoms. The van der Waals surface area contributed by atoms with Gasteiger partial charge in [0.05, 0.1) is 6.07 Å². The normalized spacial score (nSPS) is 27.4. The van der Waals surface area contributed by atoms with Crippen LogP contribution in [-0.2, 0) is 4.74 Å². The molecule has 0 aromatic carbocycles. The Balaban J connectivity index is 1.68. The van der Waals surface area contributed by atoms with Gasteiger partial charge < -0.3 is 15.0 Å². The van der Waals surface area contributed by atoms with Crippen molar-refractivity contribution in [2.45, 2.75) is 64.5 Å².